The number of rotatable bonds is 5. The Morgan fingerprint density at radius 3 is 2.83 bits per heavy atom. The summed E-state index contributed by atoms with van der Waals surface area (Å²) in [4.78, 5) is 41.2. The second-order valence-corrected chi connectivity index (χ2v) is 8.91. The van der Waals surface area contributed by atoms with E-state index in [0.29, 0.717) is 25.9 Å². The summed E-state index contributed by atoms with van der Waals surface area (Å²) in [6, 6.07) is 1.43. The van der Waals surface area contributed by atoms with Gasteiger partial charge < -0.3 is 20.9 Å². The Hall–Kier alpha value is -2.13. The number of amides is 4. The van der Waals surface area contributed by atoms with Crippen molar-refractivity contribution in [2.45, 2.75) is 56.7 Å². The van der Waals surface area contributed by atoms with E-state index in [1.165, 1.54) is 17.8 Å². The van der Waals surface area contributed by atoms with E-state index in [1.807, 2.05) is 21.7 Å². The summed E-state index contributed by atoms with van der Waals surface area (Å²) in [5.41, 5.74) is 0.773. The highest BCUT2D eigenvalue weighted by molar-refractivity contribution is 7.08. The zero-order chi connectivity index (χ0) is 20.2. The highest BCUT2D eigenvalue weighted by atomic mass is 32.1. The first-order chi connectivity index (χ1) is 14.1. The number of piperidine rings is 1. The summed E-state index contributed by atoms with van der Waals surface area (Å²) in [5.74, 6) is 0.244. The summed E-state index contributed by atoms with van der Waals surface area (Å²) >= 11 is 1.52. The van der Waals surface area contributed by atoms with Crippen LogP contribution in [0.3, 0.4) is 0 Å². The maximum Gasteiger partial charge on any atom is 0.319 e. The molecule has 3 atom stereocenters. The van der Waals surface area contributed by atoms with Crippen LogP contribution in [0.15, 0.2) is 16.8 Å². The summed E-state index contributed by atoms with van der Waals surface area (Å²) in [5, 5.41) is 12.6. The Morgan fingerprint density at radius 1 is 1.24 bits per heavy atom. The maximum atomic E-state index is 12.5. The van der Waals surface area contributed by atoms with Crippen LogP contribution in [0.25, 0.3) is 0 Å². The summed E-state index contributed by atoms with van der Waals surface area (Å²) in [7, 11) is 0. The maximum absolute atomic E-state index is 12.5. The van der Waals surface area contributed by atoms with Crippen LogP contribution < -0.4 is 16.0 Å². The molecule has 0 radical (unpaired) electrons. The number of likely N-dealkylation sites (tertiary alicyclic amines) is 1. The first kappa shape index (κ1) is 20.2. The van der Waals surface area contributed by atoms with Gasteiger partial charge in [-0.1, -0.05) is 0 Å². The lowest BCUT2D eigenvalue weighted by molar-refractivity contribution is -0.133. The summed E-state index contributed by atoms with van der Waals surface area (Å²) in [6.07, 6.45) is 5.25. The number of hydrogen-bond donors (Lipinski definition) is 3. The van der Waals surface area contributed by atoms with Crippen molar-refractivity contribution in [3.05, 3.63) is 16.8 Å². The molecule has 3 saturated heterocycles. The van der Waals surface area contributed by atoms with Crippen molar-refractivity contribution in [3.63, 3.8) is 0 Å². The highest BCUT2D eigenvalue weighted by Crippen LogP contribution is 2.26. The smallest absolute Gasteiger partial charge is 0.319 e. The van der Waals surface area contributed by atoms with Crippen molar-refractivity contribution in [1.29, 1.82) is 0 Å². The average molecular weight is 420 g/mol. The van der Waals surface area contributed by atoms with Crippen LogP contribution in [0.5, 0.6) is 0 Å². The molecule has 4 heterocycles. The van der Waals surface area contributed by atoms with Crippen molar-refractivity contribution in [1.82, 2.24) is 20.4 Å². The number of carbonyl (C=O) groups excluding carboxylic acids is 3. The van der Waals surface area contributed by atoms with Gasteiger partial charge in [-0.15, -0.1) is 0 Å². The number of thiophene rings is 1. The van der Waals surface area contributed by atoms with Gasteiger partial charge in [0.1, 0.15) is 0 Å². The molecule has 0 bridgehead atoms. The highest BCUT2D eigenvalue weighted by Gasteiger charge is 2.43. The molecule has 3 aliphatic rings. The van der Waals surface area contributed by atoms with Crippen LogP contribution in [0.2, 0.25) is 0 Å². The van der Waals surface area contributed by atoms with Crippen molar-refractivity contribution in [2.24, 2.45) is 0 Å². The topological polar surface area (TPSA) is 93.8 Å². The average Bonchev–Trinajstić information content (AvgIpc) is 3.38. The molecule has 1 aromatic rings. The fourth-order valence-electron chi connectivity index (χ4n) is 4.63. The lowest BCUT2D eigenvalue weighted by Crippen LogP contribution is -2.58. The number of carbonyl (C=O) groups is 3. The molecule has 0 saturated carbocycles. The molecule has 158 valence electrons. The van der Waals surface area contributed by atoms with E-state index < -0.39 is 0 Å². The van der Waals surface area contributed by atoms with Crippen molar-refractivity contribution < 1.29 is 14.4 Å². The number of urea groups is 1. The number of hydrogen-bond acceptors (Lipinski definition) is 5. The third kappa shape index (κ3) is 4.90. The Kier molecular flexibility index (Phi) is 6.34. The van der Waals surface area contributed by atoms with Crippen LogP contribution in [-0.2, 0) is 9.59 Å². The monoisotopic (exact) mass is 419 g/mol. The van der Waals surface area contributed by atoms with E-state index in [4.69, 9.17) is 0 Å². The Morgan fingerprint density at radius 2 is 2.07 bits per heavy atom. The van der Waals surface area contributed by atoms with Crippen molar-refractivity contribution in [3.8, 4) is 0 Å². The van der Waals surface area contributed by atoms with Crippen LogP contribution in [0.1, 0.15) is 38.5 Å². The molecule has 1 aromatic heterocycles. The molecule has 9 heteroatoms. The molecule has 3 aliphatic heterocycles. The Bertz CT molecular complexity index is 734. The predicted octanol–water partition coefficient (Wildman–Crippen LogP) is 1.60. The van der Waals surface area contributed by atoms with Gasteiger partial charge >= 0.3 is 6.03 Å². The second-order valence-electron chi connectivity index (χ2n) is 8.13. The van der Waals surface area contributed by atoms with Gasteiger partial charge in [0, 0.05) is 50.1 Å². The number of piperazine rings is 1. The third-order valence-corrected chi connectivity index (χ3v) is 6.82. The molecule has 0 aromatic carbocycles. The fraction of sp³-hybridized carbons (Fsp3) is 0.650. The minimum atomic E-state index is -0.245. The Balaban J connectivity index is 1.29. The molecule has 0 aliphatic carbocycles. The molecule has 8 nitrogen and oxygen atoms in total. The minimum Gasteiger partial charge on any atom is -0.353 e. The van der Waals surface area contributed by atoms with Gasteiger partial charge in [0.15, 0.2) is 0 Å². The van der Waals surface area contributed by atoms with Gasteiger partial charge in [0.25, 0.3) is 0 Å². The molecular weight excluding hydrogens is 390 g/mol. The third-order valence-electron chi connectivity index (χ3n) is 6.14. The van der Waals surface area contributed by atoms with Gasteiger partial charge in [-0.3, -0.25) is 14.5 Å². The van der Waals surface area contributed by atoms with Gasteiger partial charge in [0.05, 0.1) is 11.7 Å². The first-order valence-electron chi connectivity index (χ1n) is 10.5. The van der Waals surface area contributed by atoms with Gasteiger partial charge in [-0.05, 0) is 43.6 Å². The molecular formula is C20H29N5O3S. The molecule has 3 unspecified atom stereocenters. The molecule has 0 spiro atoms. The van der Waals surface area contributed by atoms with E-state index in [9.17, 15) is 14.4 Å². The Labute approximate surface area is 175 Å². The zero-order valence-corrected chi connectivity index (χ0v) is 17.4. The number of anilines is 1. The minimum absolute atomic E-state index is 0.0196. The van der Waals surface area contributed by atoms with Crippen molar-refractivity contribution in [2.75, 3.05) is 31.5 Å². The van der Waals surface area contributed by atoms with Crippen LogP contribution in [-0.4, -0.2) is 71.9 Å². The van der Waals surface area contributed by atoms with Crippen LogP contribution in [0, 0.1) is 0 Å². The fourth-order valence-corrected chi connectivity index (χ4v) is 5.22. The molecule has 4 rings (SSSR count). The van der Waals surface area contributed by atoms with Gasteiger partial charge in [-0.25, -0.2) is 4.79 Å². The summed E-state index contributed by atoms with van der Waals surface area (Å²) < 4.78 is 0. The molecule has 3 fully saturated rings. The second kappa shape index (κ2) is 9.13. The lowest BCUT2D eigenvalue weighted by atomic mass is 10.0. The standard InChI is InChI=1S/C20H29N5O3S/c26-18(24-7-2-1-3-8-24)5-4-16-11-21-19(27)17-10-15(12-25(16)17)23-20(28)22-14-6-9-29-13-14/h6,9,13,15-17H,1-5,7-8,10-12H2,(H,21,27)(H2,22,23,28). The molecule has 4 amide bonds. The van der Waals surface area contributed by atoms with Gasteiger partial charge in [0.2, 0.25) is 11.8 Å². The zero-order valence-electron chi connectivity index (χ0n) is 16.6. The number of nitrogens with zero attached hydrogens (tertiary/aromatic N) is 2. The van der Waals surface area contributed by atoms with E-state index >= 15 is 0 Å². The van der Waals surface area contributed by atoms with E-state index in [2.05, 4.69) is 20.9 Å². The number of fused-ring (bicyclic) bond motifs is 1. The first-order valence-corrected chi connectivity index (χ1v) is 11.5. The largest absolute Gasteiger partial charge is 0.353 e. The van der Waals surface area contributed by atoms with Crippen LogP contribution >= 0.6 is 11.3 Å². The van der Waals surface area contributed by atoms with Crippen molar-refractivity contribution >= 4 is 34.9 Å². The quantitative estimate of drug-likeness (QED) is 0.676. The normalized spacial score (nSPS) is 27.2. The molecule has 29 heavy (non-hydrogen) atoms. The summed E-state index contributed by atoms with van der Waals surface area (Å²) in [6.45, 7) is 2.95. The SMILES string of the molecule is O=C(Nc1ccsc1)NC1CC2C(=O)NCC(CCC(=O)N3CCCCC3)N2C1. The van der Waals surface area contributed by atoms with Crippen LogP contribution in [0.4, 0.5) is 10.5 Å². The van der Waals surface area contributed by atoms with E-state index in [1.54, 1.807) is 0 Å². The number of nitrogens with one attached hydrogen (secondary N) is 3. The van der Waals surface area contributed by atoms with Gasteiger partial charge in [-0.2, -0.15) is 11.3 Å². The predicted molar refractivity (Wildman–Crippen MR) is 112 cm³/mol. The lowest BCUT2D eigenvalue weighted by Gasteiger charge is -2.37. The molecule has 3 N–H and O–H groups in total. The van der Waals surface area contributed by atoms with E-state index in [0.717, 1.165) is 38.0 Å². The van der Waals surface area contributed by atoms with E-state index in [-0.39, 0.29) is 36.0 Å².